The number of ether oxygens (including phenoxy) is 2. The van der Waals surface area contributed by atoms with E-state index in [4.69, 9.17) is 9.47 Å². The molecule has 5 heteroatoms. The van der Waals surface area contributed by atoms with Gasteiger partial charge in [-0.1, -0.05) is 36.4 Å². The summed E-state index contributed by atoms with van der Waals surface area (Å²) < 4.78 is 34.1. The molecule has 0 saturated heterocycles. The molecule has 0 bridgehead atoms. The van der Waals surface area contributed by atoms with Crippen LogP contribution in [0.5, 0.6) is 11.5 Å². The fourth-order valence-corrected chi connectivity index (χ4v) is 4.12. The molecule has 0 heterocycles. The minimum Gasteiger partial charge on any atom is -0.494 e. The van der Waals surface area contributed by atoms with E-state index in [-0.39, 0.29) is 5.75 Å². The van der Waals surface area contributed by atoms with Gasteiger partial charge in [0.15, 0.2) is 0 Å². The highest BCUT2D eigenvalue weighted by molar-refractivity contribution is 7.90. The minimum absolute atomic E-state index is 0.140. The molecule has 0 saturated carbocycles. The molecular formula is C25H28O4S. The van der Waals surface area contributed by atoms with Crippen molar-refractivity contribution < 1.29 is 17.9 Å². The smallest absolute Gasteiger partial charge is 0.147 e. The van der Waals surface area contributed by atoms with E-state index >= 15 is 0 Å². The predicted octanol–water partition coefficient (Wildman–Crippen LogP) is 5.36. The first-order valence-electron chi connectivity index (χ1n) is 10.0. The second kappa shape index (κ2) is 9.81. The molecule has 0 aliphatic carbocycles. The van der Waals surface area contributed by atoms with Gasteiger partial charge in [0.2, 0.25) is 0 Å². The van der Waals surface area contributed by atoms with Gasteiger partial charge in [-0.2, -0.15) is 0 Å². The highest BCUT2D eigenvalue weighted by Gasteiger charge is 2.10. The average molecular weight is 425 g/mol. The average Bonchev–Trinajstić information content (AvgIpc) is 2.70. The molecule has 0 fully saturated rings. The Balaban J connectivity index is 1.70. The number of rotatable bonds is 9. The van der Waals surface area contributed by atoms with Gasteiger partial charge in [-0.15, -0.1) is 0 Å². The van der Waals surface area contributed by atoms with Crippen molar-refractivity contribution in [1.29, 1.82) is 0 Å². The summed E-state index contributed by atoms with van der Waals surface area (Å²) in [5.74, 6) is 1.76. The second-order valence-corrected chi connectivity index (χ2v) is 9.83. The third-order valence-corrected chi connectivity index (χ3v) is 5.83. The standard InChI is InChI=1S/C25H28O4S/c1-19-15-24(28-13-8-14-30(3,26)27)16-20(2)25(19)22-10-7-9-21(17-22)18-29-23-11-5-4-6-12-23/h4-7,9-12,15-17H,8,13-14,18H2,1-3H3. The van der Waals surface area contributed by atoms with Gasteiger partial charge in [-0.3, -0.25) is 0 Å². The summed E-state index contributed by atoms with van der Waals surface area (Å²) in [6.07, 6.45) is 1.73. The monoisotopic (exact) mass is 424 g/mol. The zero-order chi connectivity index (χ0) is 21.6. The Hall–Kier alpha value is -2.79. The Kier molecular flexibility index (Phi) is 7.16. The molecular weight excluding hydrogens is 396 g/mol. The van der Waals surface area contributed by atoms with Crippen LogP contribution in [0.4, 0.5) is 0 Å². The number of hydrogen-bond donors (Lipinski definition) is 0. The highest BCUT2D eigenvalue weighted by atomic mass is 32.2. The topological polar surface area (TPSA) is 52.6 Å². The molecule has 30 heavy (non-hydrogen) atoms. The largest absolute Gasteiger partial charge is 0.494 e. The van der Waals surface area contributed by atoms with Crippen molar-refractivity contribution in [2.75, 3.05) is 18.6 Å². The van der Waals surface area contributed by atoms with Crippen LogP contribution in [0.3, 0.4) is 0 Å². The molecule has 0 spiro atoms. The van der Waals surface area contributed by atoms with E-state index < -0.39 is 9.84 Å². The Morgan fingerprint density at radius 1 is 0.800 bits per heavy atom. The van der Waals surface area contributed by atoms with Gasteiger partial charge in [0.1, 0.15) is 27.9 Å². The third-order valence-electron chi connectivity index (χ3n) is 4.80. The van der Waals surface area contributed by atoms with Crippen molar-refractivity contribution in [3.63, 3.8) is 0 Å². The molecule has 0 aliphatic rings. The van der Waals surface area contributed by atoms with Gasteiger partial charge < -0.3 is 9.47 Å². The molecule has 4 nitrogen and oxygen atoms in total. The van der Waals surface area contributed by atoms with E-state index in [0.717, 1.165) is 33.8 Å². The second-order valence-electron chi connectivity index (χ2n) is 7.57. The number of para-hydroxylation sites is 1. The molecule has 3 aromatic rings. The summed E-state index contributed by atoms with van der Waals surface area (Å²) in [4.78, 5) is 0. The Bertz CT molecular complexity index is 1070. The number of benzene rings is 3. The maximum Gasteiger partial charge on any atom is 0.147 e. The van der Waals surface area contributed by atoms with Crippen LogP contribution in [-0.4, -0.2) is 27.0 Å². The van der Waals surface area contributed by atoms with Crippen LogP contribution in [0.2, 0.25) is 0 Å². The Morgan fingerprint density at radius 3 is 2.17 bits per heavy atom. The molecule has 0 N–H and O–H groups in total. The molecule has 0 unspecified atom stereocenters. The van der Waals surface area contributed by atoms with Crippen molar-refractivity contribution in [3.8, 4) is 22.6 Å². The van der Waals surface area contributed by atoms with Crippen molar-refractivity contribution in [3.05, 3.63) is 83.4 Å². The zero-order valence-corrected chi connectivity index (χ0v) is 18.5. The molecule has 0 aromatic heterocycles. The first kappa shape index (κ1) is 21.9. The first-order chi connectivity index (χ1) is 14.3. The summed E-state index contributed by atoms with van der Waals surface area (Å²) >= 11 is 0. The normalized spacial score (nSPS) is 11.3. The van der Waals surface area contributed by atoms with E-state index in [9.17, 15) is 8.42 Å². The molecule has 0 aliphatic heterocycles. The summed E-state index contributed by atoms with van der Waals surface area (Å²) in [6.45, 7) is 5.03. The van der Waals surface area contributed by atoms with E-state index in [1.807, 2.05) is 48.5 Å². The van der Waals surface area contributed by atoms with E-state index in [0.29, 0.717) is 19.6 Å². The lowest BCUT2D eigenvalue weighted by Crippen LogP contribution is -2.08. The highest BCUT2D eigenvalue weighted by Crippen LogP contribution is 2.31. The van der Waals surface area contributed by atoms with Crippen molar-refractivity contribution in [2.24, 2.45) is 0 Å². The van der Waals surface area contributed by atoms with Gasteiger partial charge >= 0.3 is 0 Å². The Labute approximate surface area is 179 Å². The summed E-state index contributed by atoms with van der Waals surface area (Å²) in [5, 5.41) is 0. The summed E-state index contributed by atoms with van der Waals surface area (Å²) in [6, 6.07) is 22.2. The van der Waals surface area contributed by atoms with Crippen LogP contribution in [0.15, 0.2) is 66.7 Å². The molecule has 3 rings (SSSR count). The van der Waals surface area contributed by atoms with Gasteiger partial charge in [0, 0.05) is 6.26 Å². The maximum atomic E-state index is 11.2. The summed E-state index contributed by atoms with van der Waals surface area (Å²) in [7, 11) is -2.95. The van der Waals surface area contributed by atoms with Gasteiger partial charge in [-0.25, -0.2) is 8.42 Å². The van der Waals surface area contributed by atoms with Crippen LogP contribution in [0, 0.1) is 13.8 Å². The minimum atomic E-state index is -2.95. The van der Waals surface area contributed by atoms with Crippen LogP contribution in [-0.2, 0) is 16.4 Å². The Morgan fingerprint density at radius 2 is 1.50 bits per heavy atom. The number of hydrogen-bond acceptors (Lipinski definition) is 4. The van der Waals surface area contributed by atoms with Crippen LogP contribution in [0.1, 0.15) is 23.1 Å². The van der Waals surface area contributed by atoms with Crippen molar-refractivity contribution >= 4 is 9.84 Å². The lowest BCUT2D eigenvalue weighted by atomic mass is 9.94. The molecule has 3 aromatic carbocycles. The lowest BCUT2D eigenvalue weighted by Gasteiger charge is -2.15. The zero-order valence-electron chi connectivity index (χ0n) is 17.7. The van der Waals surface area contributed by atoms with Crippen LogP contribution in [0.25, 0.3) is 11.1 Å². The van der Waals surface area contributed by atoms with Crippen LogP contribution >= 0.6 is 0 Å². The van der Waals surface area contributed by atoms with Gasteiger partial charge in [-0.05, 0) is 78.4 Å². The van der Waals surface area contributed by atoms with E-state index in [1.54, 1.807) is 0 Å². The molecule has 158 valence electrons. The lowest BCUT2D eigenvalue weighted by molar-refractivity contribution is 0.306. The number of sulfone groups is 1. The SMILES string of the molecule is Cc1cc(OCCCS(C)(=O)=O)cc(C)c1-c1cccc(COc2ccccc2)c1. The fraction of sp³-hybridized carbons (Fsp3) is 0.280. The van der Waals surface area contributed by atoms with Crippen molar-refractivity contribution in [1.82, 2.24) is 0 Å². The number of aryl methyl sites for hydroxylation is 2. The van der Waals surface area contributed by atoms with Crippen LogP contribution < -0.4 is 9.47 Å². The van der Waals surface area contributed by atoms with E-state index in [2.05, 4.69) is 32.0 Å². The van der Waals surface area contributed by atoms with Crippen molar-refractivity contribution in [2.45, 2.75) is 26.9 Å². The maximum absolute atomic E-state index is 11.2. The van der Waals surface area contributed by atoms with Gasteiger partial charge in [0.25, 0.3) is 0 Å². The molecule has 0 amide bonds. The summed E-state index contributed by atoms with van der Waals surface area (Å²) in [5.41, 5.74) is 5.67. The molecule has 0 radical (unpaired) electrons. The predicted molar refractivity (Wildman–Crippen MR) is 122 cm³/mol. The van der Waals surface area contributed by atoms with Gasteiger partial charge in [0.05, 0.1) is 12.4 Å². The van der Waals surface area contributed by atoms with E-state index in [1.165, 1.54) is 11.8 Å². The quantitative estimate of drug-likeness (QED) is 0.434. The fourth-order valence-electron chi connectivity index (χ4n) is 3.47. The first-order valence-corrected chi connectivity index (χ1v) is 12.1. The third kappa shape index (κ3) is 6.36. The molecule has 0 atom stereocenters.